The van der Waals surface area contributed by atoms with Gasteiger partial charge in [-0.2, -0.15) is 0 Å². The van der Waals surface area contributed by atoms with E-state index >= 15 is 0 Å². The van der Waals surface area contributed by atoms with E-state index in [2.05, 4.69) is 15.3 Å². The van der Waals surface area contributed by atoms with E-state index in [0.29, 0.717) is 30.9 Å². The molecular formula is C26H30N4O2. The maximum absolute atomic E-state index is 13.5. The Balaban J connectivity index is 1.20. The molecule has 7 rings (SSSR count). The number of aryl methyl sites for hydroxylation is 1. The van der Waals surface area contributed by atoms with Gasteiger partial charge in [0.05, 0.1) is 17.7 Å². The van der Waals surface area contributed by atoms with Crippen molar-refractivity contribution >= 4 is 17.6 Å². The largest absolute Gasteiger partial charge is 0.332 e. The topological polar surface area (TPSA) is 75.2 Å². The third kappa shape index (κ3) is 3.31. The summed E-state index contributed by atoms with van der Waals surface area (Å²) in [6.07, 6.45) is 9.25. The first-order valence-electron chi connectivity index (χ1n) is 12.0. The number of rotatable bonds is 3. The average molecular weight is 431 g/mol. The monoisotopic (exact) mass is 430 g/mol. The number of aromatic nitrogens is 2. The summed E-state index contributed by atoms with van der Waals surface area (Å²) < 4.78 is 0. The van der Waals surface area contributed by atoms with E-state index in [1.807, 2.05) is 36.1 Å². The number of carbonyl (C=O) groups excluding carboxylic acids is 2. The van der Waals surface area contributed by atoms with Crippen LogP contribution in [0.4, 0.5) is 5.82 Å². The van der Waals surface area contributed by atoms with Crippen molar-refractivity contribution in [2.75, 3.05) is 11.9 Å². The van der Waals surface area contributed by atoms with E-state index in [1.165, 1.54) is 25.6 Å². The van der Waals surface area contributed by atoms with Crippen LogP contribution in [0.25, 0.3) is 0 Å². The zero-order chi connectivity index (χ0) is 21.9. The van der Waals surface area contributed by atoms with Crippen LogP contribution in [0.5, 0.6) is 0 Å². The second-order valence-electron chi connectivity index (χ2n) is 10.6. The van der Waals surface area contributed by atoms with Crippen LogP contribution in [-0.2, 0) is 17.8 Å². The van der Waals surface area contributed by atoms with Gasteiger partial charge in [-0.25, -0.2) is 9.97 Å². The minimum Gasteiger partial charge on any atom is -0.332 e. The van der Waals surface area contributed by atoms with Crippen molar-refractivity contribution in [3.63, 3.8) is 0 Å². The molecule has 2 amide bonds. The highest BCUT2D eigenvalue weighted by molar-refractivity contribution is 5.96. The summed E-state index contributed by atoms with van der Waals surface area (Å²) in [4.78, 5) is 37.2. The molecule has 6 nitrogen and oxygen atoms in total. The molecule has 4 saturated carbocycles. The molecule has 2 heterocycles. The fourth-order valence-electron chi connectivity index (χ4n) is 7.14. The van der Waals surface area contributed by atoms with Crippen molar-refractivity contribution in [1.82, 2.24) is 14.9 Å². The number of hydrogen-bond donors (Lipinski definition) is 1. The Bertz CT molecular complexity index is 1040. The predicted molar refractivity (Wildman–Crippen MR) is 121 cm³/mol. The molecule has 4 bridgehead atoms. The quantitative estimate of drug-likeness (QED) is 0.794. The van der Waals surface area contributed by atoms with Gasteiger partial charge >= 0.3 is 0 Å². The lowest BCUT2D eigenvalue weighted by atomic mass is 9.49. The molecule has 1 N–H and O–H groups in total. The van der Waals surface area contributed by atoms with Crippen LogP contribution in [0.1, 0.15) is 65.7 Å². The van der Waals surface area contributed by atoms with Gasteiger partial charge in [0, 0.05) is 17.7 Å². The Kier molecular flexibility index (Phi) is 4.60. The number of anilines is 1. The maximum Gasteiger partial charge on any atom is 0.254 e. The molecule has 0 saturated heterocycles. The van der Waals surface area contributed by atoms with E-state index in [0.717, 1.165) is 53.8 Å². The molecule has 0 spiro atoms. The van der Waals surface area contributed by atoms with Gasteiger partial charge in [0.2, 0.25) is 5.91 Å². The second-order valence-corrected chi connectivity index (χ2v) is 10.6. The molecule has 2 aromatic rings. The molecule has 1 aliphatic heterocycles. The third-order valence-electron chi connectivity index (χ3n) is 8.34. The van der Waals surface area contributed by atoms with E-state index in [-0.39, 0.29) is 17.2 Å². The van der Waals surface area contributed by atoms with Gasteiger partial charge in [0.1, 0.15) is 12.1 Å². The summed E-state index contributed by atoms with van der Waals surface area (Å²) in [6, 6.07) is 7.69. The number of carbonyl (C=O) groups is 2. The van der Waals surface area contributed by atoms with Crippen molar-refractivity contribution in [3.8, 4) is 0 Å². The van der Waals surface area contributed by atoms with Crippen molar-refractivity contribution in [1.29, 1.82) is 0 Å². The predicted octanol–water partition coefficient (Wildman–Crippen LogP) is 4.14. The molecule has 4 fully saturated rings. The maximum atomic E-state index is 13.5. The van der Waals surface area contributed by atoms with Gasteiger partial charge in [-0.1, -0.05) is 17.7 Å². The van der Waals surface area contributed by atoms with E-state index < -0.39 is 0 Å². The summed E-state index contributed by atoms with van der Waals surface area (Å²) in [5.41, 5.74) is 3.46. The van der Waals surface area contributed by atoms with Crippen LogP contribution in [0.15, 0.2) is 30.6 Å². The first kappa shape index (κ1) is 19.9. The second kappa shape index (κ2) is 7.39. The molecule has 4 aliphatic carbocycles. The first-order chi connectivity index (χ1) is 15.5. The molecule has 1 aromatic heterocycles. The van der Waals surface area contributed by atoms with Gasteiger partial charge in [0.15, 0.2) is 0 Å². The number of fused-ring (bicyclic) bond motifs is 1. The first-order valence-corrected chi connectivity index (χ1v) is 12.0. The summed E-state index contributed by atoms with van der Waals surface area (Å²) in [6.45, 7) is 3.07. The summed E-state index contributed by atoms with van der Waals surface area (Å²) >= 11 is 0. The highest BCUT2D eigenvalue weighted by Crippen LogP contribution is 2.60. The van der Waals surface area contributed by atoms with Gasteiger partial charge in [-0.05, 0) is 81.8 Å². The number of amides is 2. The van der Waals surface area contributed by atoms with Crippen LogP contribution in [0.3, 0.4) is 0 Å². The minimum absolute atomic E-state index is 0.0217. The third-order valence-corrected chi connectivity index (χ3v) is 8.34. The van der Waals surface area contributed by atoms with Crippen molar-refractivity contribution < 1.29 is 9.59 Å². The summed E-state index contributed by atoms with van der Waals surface area (Å²) in [7, 11) is 0. The summed E-state index contributed by atoms with van der Waals surface area (Å²) in [5, 5.41) is 3.22. The van der Waals surface area contributed by atoms with Crippen LogP contribution >= 0.6 is 0 Å². The standard InChI is InChI=1S/C26H30N4O2/c1-16-2-4-20(5-3-16)24(31)30-7-6-21-22(14-30)27-15-28-23(21)29-25(32)26-11-17-8-18(12-26)10-19(9-17)13-26/h2-5,15,17-19H,6-14H2,1H3,(H,27,28,29,32). The Morgan fingerprint density at radius 3 is 2.31 bits per heavy atom. The molecule has 166 valence electrons. The number of nitrogens with zero attached hydrogens (tertiary/aromatic N) is 3. The summed E-state index contributed by atoms with van der Waals surface area (Å²) in [5.74, 6) is 3.02. The van der Waals surface area contributed by atoms with E-state index in [9.17, 15) is 9.59 Å². The lowest BCUT2D eigenvalue weighted by Crippen LogP contribution is -2.52. The van der Waals surface area contributed by atoms with Crippen LogP contribution in [0, 0.1) is 30.1 Å². The zero-order valence-corrected chi connectivity index (χ0v) is 18.6. The minimum atomic E-state index is -0.200. The van der Waals surface area contributed by atoms with Crippen molar-refractivity contribution in [3.05, 3.63) is 53.0 Å². The molecule has 0 unspecified atom stereocenters. The fraction of sp³-hybridized carbons (Fsp3) is 0.538. The van der Waals surface area contributed by atoms with E-state index in [1.54, 1.807) is 0 Å². The Morgan fingerprint density at radius 1 is 1.00 bits per heavy atom. The number of benzene rings is 1. The fourth-order valence-corrected chi connectivity index (χ4v) is 7.14. The van der Waals surface area contributed by atoms with Crippen molar-refractivity contribution in [2.24, 2.45) is 23.2 Å². The van der Waals surface area contributed by atoms with E-state index in [4.69, 9.17) is 0 Å². The average Bonchev–Trinajstić information content (AvgIpc) is 2.78. The Hall–Kier alpha value is -2.76. The normalized spacial score (nSPS) is 30.2. The molecule has 32 heavy (non-hydrogen) atoms. The molecule has 5 aliphatic rings. The van der Waals surface area contributed by atoms with Crippen LogP contribution in [0.2, 0.25) is 0 Å². The van der Waals surface area contributed by atoms with Crippen molar-refractivity contribution in [2.45, 2.75) is 58.4 Å². The van der Waals surface area contributed by atoms with Gasteiger partial charge in [-0.15, -0.1) is 0 Å². The molecule has 6 heteroatoms. The van der Waals surface area contributed by atoms with Gasteiger partial charge in [-0.3, -0.25) is 9.59 Å². The van der Waals surface area contributed by atoms with Crippen LogP contribution in [-0.4, -0.2) is 33.2 Å². The SMILES string of the molecule is Cc1ccc(C(=O)N2CCc3c(ncnc3NC(=O)C34CC5CC(CC(C5)C3)C4)C2)cc1. The molecule has 1 aromatic carbocycles. The van der Waals surface area contributed by atoms with Crippen LogP contribution < -0.4 is 5.32 Å². The Labute approximate surface area is 188 Å². The molecule has 0 atom stereocenters. The highest BCUT2D eigenvalue weighted by atomic mass is 16.2. The van der Waals surface area contributed by atoms with Gasteiger partial charge < -0.3 is 10.2 Å². The molecule has 0 radical (unpaired) electrons. The number of nitrogens with one attached hydrogen (secondary N) is 1. The van der Waals surface area contributed by atoms with Gasteiger partial charge in [0.25, 0.3) is 5.91 Å². The molecular weight excluding hydrogens is 400 g/mol. The number of hydrogen-bond acceptors (Lipinski definition) is 4. The zero-order valence-electron chi connectivity index (χ0n) is 18.6. The lowest BCUT2D eigenvalue weighted by Gasteiger charge is -2.55. The smallest absolute Gasteiger partial charge is 0.254 e. The Morgan fingerprint density at radius 2 is 1.66 bits per heavy atom. The highest BCUT2D eigenvalue weighted by Gasteiger charge is 2.54. The lowest BCUT2D eigenvalue weighted by molar-refractivity contribution is -0.140.